The van der Waals surface area contributed by atoms with Gasteiger partial charge in [-0.2, -0.15) is 0 Å². The predicted molar refractivity (Wildman–Crippen MR) is 118 cm³/mol. The van der Waals surface area contributed by atoms with E-state index in [1.54, 1.807) is 36.1 Å². The molecule has 3 rings (SSSR count). The minimum Gasteiger partial charge on any atom is -0.496 e. The third-order valence-electron chi connectivity index (χ3n) is 5.46. The van der Waals surface area contributed by atoms with E-state index in [0.717, 1.165) is 16.7 Å². The van der Waals surface area contributed by atoms with Gasteiger partial charge < -0.3 is 14.5 Å². The van der Waals surface area contributed by atoms with E-state index in [4.69, 9.17) is 16.3 Å². The second-order valence-corrected chi connectivity index (χ2v) is 8.70. The smallest absolute Gasteiger partial charge is 0.245 e. The van der Waals surface area contributed by atoms with Crippen molar-refractivity contribution in [2.45, 2.75) is 45.8 Å². The third kappa shape index (κ3) is 4.96. The first-order valence-electron chi connectivity index (χ1n) is 10.2. The van der Waals surface area contributed by atoms with Crippen LogP contribution < -0.4 is 4.74 Å². The van der Waals surface area contributed by atoms with Gasteiger partial charge in [0, 0.05) is 43.6 Å². The summed E-state index contributed by atoms with van der Waals surface area (Å²) in [6.07, 6.45) is 0.952. The first kappa shape index (κ1) is 22.2. The molecular formula is C24H29ClN2O3. The highest BCUT2D eigenvalue weighted by atomic mass is 35.5. The molecule has 2 aromatic carbocycles. The minimum absolute atomic E-state index is 0.0200. The molecule has 1 atom stereocenters. The van der Waals surface area contributed by atoms with Gasteiger partial charge in [0.1, 0.15) is 11.8 Å². The van der Waals surface area contributed by atoms with Crippen LogP contribution >= 0.6 is 11.6 Å². The fourth-order valence-electron chi connectivity index (χ4n) is 3.93. The standard InChI is InChI=1S/C24H29ClN2O3/c1-16(2)11-23(28)27-15-18-8-6-5-7-17(18)13-21(27)24(29)26(3)14-19-12-20(25)9-10-22(19)30-4/h5-10,12,16,21H,11,13-15H2,1-4H3. The van der Waals surface area contributed by atoms with E-state index in [1.807, 2.05) is 44.2 Å². The molecule has 1 aliphatic rings. The Kier molecular flexibility index (Phi) is 7.03. The molecule has 0 aliphatic carbocycles. The molecule has 1 aliphatic heterocycles. The zero-order valence-corrected chi connectivity index (χ0v) is 18.8. The molecule has 0 saturated heterocycles. The van der Waals surface area contributed by atoms with Crippen molar-refractivity contribution in [3.63, 3.8) is 0 Å². The molecule has 1 heterocycles. The van der Waals surface area contributed by atoms with Gasteiger partial charge in [0.2, 0.25) is 11.8 Å². The largest absolute Gasteiger partial charge is 0.496 e. The quantitative estimate of drug-likeness (QED) is 0.689. The topological polar surface area (TPSA) is 49.9 Å². The van der Waals surface area contributed by atoms with Crippen molar-refractivity contribution >= 4 is 23.4 Å². The Morgan fingerprint density at radius 3 is 2.57 bits per heavy atom. The number of ether oxygens (including phenoxy) is 1. The SMILES string of the molecule is COc1ccc(Cl)cc1CN(C)C(=O)C1Cc2ccccc2CN1C(=O)CC(C)C. The molecule has 2 aromatic rings. The maximum atomic E-state index is 13.5. The number of amides is 2. The second kappa shape index (κ2) is 9.52. The average Bonchev–Trinajstić information content (AvgIpc) is 2.71. The average molecular weight is 429 g/mol. The maximum absolute atomic E-state index is 13.5. The lowest BCUT2D eigenvalue weighted by Crippen LogP contribution is -2.52. The van der Waals surface area contributed by atoms with Gasteiger partial charge in [-0.25, -0.2) is 0 Å². The minimum atomic E-state index is -0.513. The Morgan fingerprint density at radius 2 is 1.90 bits per heavy atom. The van der Waals surface area contributed by atoms with Gasteiger partial charge in [-0.3, -0.25) is 9.59 Å². The molecule has 0 fully saturated rings. The molecule has 1 unspecified atom stereocenters. The Balaban J connectivity index is 1.85. The van der Waals surface area contributed by atoms with E-state index < -0.39 is 6.04 Å². The van der Waals surface area contributed by atoms with Crippen LogP contribution in [0, 0.1) is 5.92 Å². The number of likely N-dealkylation sites (N-methyl/N-ethyl adjacent to an activating group) is 1. The lowest BCUT2D eigenvalue weighted by Gasteiger charge is -2.38. The molecule has 0 saturated carbocycles. The van der Waals surface area contributed by atoms with Crippen LogP contribution in [0.3, 0.4) is 0 Å². The highest BCUT2D eigenvalue weighted by Gasteiger charge is 2.36. The maximum Gasteiger partial charge on any atom is 0.245 e. The molecule has 0 radical (unpaired) electrons. The number of benzene rings is 2. The lowest BCUT2D eigenvalue weighted by molar-refractivity contribution is -0.147. The van der Waals surface area contributed by atoms with Crippen molar-refractivity contribution in [2.75, 3.05) is 14.2 Å². The molecule has 160 valence electrons. The van der Waals surface area contributed by atoms with Crippen molar-refractivity contribution in [3.8, 4) is 5.75 Å². The number of nitrogens with zero attached hydrogens (tertiary/aromatic N) is 2. The van der Waals surface area contributed by atoms with Crippen molar-refractivity contribution < 1.29 is 14.3 Å². The summed E-state index contributed by atoms with van der Waals surface area (Å²) < 4.78 is 5.41. The number of fused-ring (bicyclic) bond motifs is 1. The van der Waals surface area contributed by atoms with E-state index in [-0.39, 0.29) is 17.7 Å². The summed E-state index contributed by atoms with van der Waals surface area (Å²) in [5.74, 6) is 0.856. The molecule has 6 heteroatoms. The van der Waals surface area contributed by atoms with Gasteiger partial charge in [-0.1, -0.05) is 49.7 Å². The third-order valence-corrected chi connectivity index (χ3v) is 5.70. The van der Waals surface area contributed by atoms with E-state index in [0.29, 0.717) is 36.7 Å². The summed E-state index contributed by atoms with van der Waals surface area (Å²) in [4.78, 5) is 29.8. The molecule has 0 N–H and O–H groups in total. The highest BCUT2D eigenvalue weighted by Crippen LogP contribution is 2.28. The van der Waals surface area contributed by atoms with Crippen LogP contribution in [0.2, 0.25) is 5.02 Å². The van der Waals surface area contributed by atoms with Crippen molar-refractivity contribution in [1.82, 2.24) is 9.80 Å². The van der Waals surface area contributed by atoms with Crippen LogP contribution in [0.15, 0.2) is 42.5 Å². The zero-order valence-electron chi connectivity index (χ0n) is 18.0. The molecule has 5 nitrogen and oxygen atoms in total. The summed E-state index contributed by atoms with van der Waals surface area (Å²) >= 11 is 6.14. The van der Waals surface area contributed by atoms with Crippen molar-refractivity contribution in [2.24, 2.45) is 5.92 Å². The van der Waals surface area contributed by atoms with Crippen LogP contribution in [0.4, 0.5) is 0 Å². The molecule has 2 amide bonds. The summed E-state index contributed by atoms with van der Waals surface area (Å²) in [7, 11) is 3.35. The molecule has 30 heavy (non-hydrogen) atoms. The van der Waals surface area contributed by atoms with Gasteiger partial charge in [-0.15, -0.1) is 0 Å². The summed E-state index contributed by atoms with van der Waals surface area (Å²) in [6, 6.07) is 12.9. The van der Waals surface area contributed by atoms with Crippen LogP contribution in [0.1, 0.15) is 37.0 Å². The number of rotatable bonds is 6. The van der Waals surface area contributed by atoms with E-state index in [2.05, 4.69) is 0 Å². The van der Waals surface area contributed by atoms with E-state index >= 15 is 0 Å². The van der Waals surface area contributed by atoms with Crippen molar-refractivity contribution in [1.29, 1.82) is 0 Å². The Labute approximate surface area is 183 Å². The zero-order chi connectivity index (χ0) is 21.8. The van der Waals surface area contributed by atoms with Gasteiger partial charge in [0.15, 0.2) is 0 Å². The Bertz CT molecular complexity index is 928. The van der Waals surface area contributed by atoms with Crippen LogP contribution in [-0.2, 0) is 29.1 Å². The monoisotopic (exact) mass is 428 g/mol. The number of halogens is 1. The molecular weight excluding hydrogens is 400 g/mol. The summed E-state index contributed by atoms with van der Waals surface area (Å²) in [6.45, 7) is 4.85. The fourth-order valence-corrected chi connectivity index (χ4v) is 4.13. The Hall–Kier alpha value is -2.53. The lowest BCUT2D eigenvalue weighted by atomic mass is 9.92. The molecule has 0 spiro atoms. The summed E-state index contributed by atoms with van der Waals surface area (Å²) in [5, 5.41) is 0.590. The number of methoxy groups -OCH3 is 1. The van der Waals surface area contributed by atoms with Crippen LogP contribution in [0.5, 0.6) is 5.75 Å². The molecule has 0 aromatic heterocycles. The van der Waals surface area contributed by atoms with Crippen LogP contribution in [-0.4, -0.2) is 41.8 Å². The normalized spacial score (nSPS) is 15.7. The van der Waals surface area contributed by atoms with Gasteiger partial charge in [0.25, 0.3) is 0 Å². The van der Waals surface area contributed by atoms with E-state index in [1.165, 1.54) is 0 Å². The first-order chi connectivity index (χ1) is 14.3. The van der Waals surface area contributed by atoms with Gasteiger partial charge in [-0.05, 0) is 35.2 Å². The Morgan fingerprint density at radius 1 is 1.20 bits per heavy atom. The number of hydrogen-bond donors (Lipinski definition) is 0. The number of hydrogen-bond acceptors (Lipinski definition) is 3. The molecule has 0 bridgehead atoms. The second-order valence-electron chi connectivity index (χ2n) is 8.26. The summed E-state index contributed by atoms with van der Waals surface area (Å²) in [5.41, 5.74) is 3.06. The van der Waals surface area contributed by atoms with Gasteiger partial charge >= 0.3 is 0 Å². The predicted octanol–water partition coefficient (Wildman–Crippen LogP) is 4.31. The fraction of sp³-hybridized carbons (Fsp3) is 0.417. The van der Waals surface area contributed by atoms with Gasteiger partial charge in [0.05, 0.1) is 7.11 Å². The number of carbonyl (C=O) groups is 2. The first-order valence-corrected chi connectivity index (χ1v) is 10.6. The van der Waals surface area contributed by atoms with Crippen LogP contribution in [0.25, 0.3) is 0 Å². The van der Waals surface area contributed by atoms with Crippen molar-refractivity contribution in [3.05, 3.63) is 64.2 Å². The number of carbonyl (C=O) groups excluding carboxylic acids is 2. The highest BCUT2D eigenvalue weighted by molar-refractivity contribution is 6.30. The van der Waals surface area contributed by atoms with E-state index in [9.17, 15) is 9.59 Å².